The molecule has 0 saturated heterocycles. The van der Waals surface area contributed by atoms with Gasteiger partial charge in [-0.3, -0.25) is 0 Å². The van der Waals surface area contributed by atoms with Crippen molar-refractivity contribution in [1.29, 1.82) is 0 Å². The Kier molecular flexibility index (Phi) is 3.90. The summed E-state index contributed by atoms with van der Waals surface area (Å²) in [5, 5.41) is 9.52. The molecule has 0 aromatic heterocycles. The van der Waals surface area contributed by atoms with E-state index < -0.39 is 11.7 Å². The molecule has 2 nitrogen and oxygen atoms in total. The molecule has 1 atom stereocenters. The molecule has 0 radical (unpaired) electrons. The third-order valence-corrected chi connectivity index (χ3v) is 1.86. The number of aliphatic hydroxyl groups is 1. The Morgan fingerprint density at radius 1 is 1.40 bits per heavy atom. The van der Waals surface area contributed by atoms with Crippen LogP contribution in [0.25, 0.3) is 0 Å². The van der Waals surface area contributed by atoms with Gasteiger partial charge in [-0.05, 0) is 19.4 Å². The zero-order valence-electron chi connectivity index (χ0n) is 9.10. The van der Waals surface area contributed by atoms with E-state index in [0.717, 1.165) is 5.56 Å². The van der Waals surface area contributed by atoms with E-state index in [-0.39, 0.29) is 6.61 Å². The number of terminal acetylenes is 1. The fourth-order valence-corrected chi connectivity index (χ4v) is 1.16. The predicted molar refractivity (Wildman–Crippen MR) is 60.3 cm³/mol. The van der Waals surface area contributed by atoms with Crippen LogP contribution in [0.4, 0.5) is 0 Å². The normalized spacial score (nSPS) is 13.2. The van der Waals surface area contributed by atoms with Gasteiger partial charge in [-0.25, -0.2) is 0 Å². The predicted octanol–water partition coefficient (Wildman–Crippen LogP) is 2.15. The van der Waals surface area contributed by atoms with E-state index in [4.69, 9.17) is 11.2 Å². The second-order valence-corrected chi connectivity index (χ2v) is 4.08. The third kappa shape index (κ3) is 4.16. The zero-order valence-corrected chi connectivity index (χ0v) is 9.10. The van der Waals surface area contributed by atoms with Crippen LogP contribution in [-0.2, 0) is 4.74 Å². The summed E-state index contributed by atoms with van der Waals surface area (Å²) in [6.07, 6.45) is 4.99. The van der Waals surface area contributed by atoms with Gasteiger partial charge >= 0.3 is 0 Å². The van der Waals surface area contributed by atoms with Crippen molar-refractivity contribution in [1.82, 2.24) is 0 Å². The fraction of sp³-hybridized carbons (Fsp3) is 0.385. The Balaban J connectivity index is 2.63. The standard InChI is InChI=1S/C13H16O2/c1-4-12(15-10-13(2,3)14)11-8-6-5-7-9-11/h1,5-9,12,14H,10H2,2-3H3/t12-/m1/s1. The lowest BCUT2D eigenvalue weighted by Gasteiger charge is -2.20. The topological polar surface area (TPSA) is 29.5 Å². The molecule has 1 rings (SSSR count). The lowest BCUT2D eigenvalue weighted by atomic mass is 10.1. The second-order valence-electron chi connectivity index (χ2n) is 4.08. The van der Waals surface area contributed by atoms with E-state index in [1.807, 2.05) is 30.3 Å². The highest BCUT2D eigenvalue weighted by molar-refractivity contribution is 5.23. The summed E-state index contributed by atoms with van der Waals surface area (Å²) in [6.45, 7) is 3.59. The molecule has 0 aliphatic carbocycles. The van der Waals surface area contributed by atoms with Crippen LogP contribution in [0.1, 0.15) is 25.5 Å². The SMILES string of the molecule is C#C[C@@H](OCC(C)(C)O)c1ccccc1. The van der Waals surface area contributed by atoms with Gasteiger partial charge in [0, 0.05) is 0 Å². The van der Waals surface area contributed by atoms with Crippen molar-refractivity contribution in [2.75, 3.05) is 6.61 Å². The second kappa shape index (κ2) is 4.97. The van der Waals surface area contributed by atoms with Crippen molar-refractivity contribution in [2.24, 2.45) is 0 Å². The molecule has 15 heavy (non-hydrogen) atoms. The monoisotopic (exact) mass is 204 g/mol. The van der Waals surface area contributed by atoms with E-state index in [2.05, 4.69) is 5.92 Å². The number of hydrogen-bond donors (Lipinski definition) is 1. The molecule has 2 heteroatoms. The molecule has 0 amide bonds. The van der Waals surface area contributed by atoms with Crippen LogP contribution in [0.5, 0.6) is 0 Å². The summed E-state index contributed by atoms with van der Waals surface area (Å²) in [5.74, 6) is 2.56. The Bertz CT molecular complexity index is 330. The van der Waals surface area contributed by atoms with Crippen LogP contribution in [0.3, 0.4) is 0 Å². The maximum atomic E-state index is 9.52. The molecule has 0 aliphatic rings. The van der Waals surface area contributed by atoms with Crippen molar-refractivity contribution in [3.05, 3.63) is 35.9 Å². The Morgan fingerprint density at radius 2 is 2.00 bits per heavy atom. The first kappa shape index (κ1) is 11.8. The fourth-order valence-electron chi connectivity index (χ4n) is 1.16. The van der Waals surface area contributed by atoms with Gasteiger partial charge in [-0.15, -0.1) is 6.42 Å². The van der Waals surface area contributed by atoms with Gasteiger partial charge in [0.1, 0.15) is 6.10 Å². The average molecular weight is 204 g/mol. The van der Waals surface area contributed by atoms with E-state index >= 15 is 0 Å². The van der Waals surface area contributed by atoms with Crippen LogP contribution >= 0.6 is 0 Å². The molecule has 0 fully saturated rings. The molecule has 0 bridgehead atoms. The first-order valence-electron chi connectivity index (χ1n) is 4.88. The van der Waals surface area contributed by atoms with Crippen LogP contribution in [0.2, 0.25) is 0 Å². The highest BCUT2D eigenvalue weighted by Gasteiger charge is 2.16. The quantitative estimate of drug-likeness (QED) is 0.761. The number of rotatable bonds is 4. The zero-order chi connectivity index (χ0) is 11.3. The van der Waals surface area contributed by atoms with Crippen molar-refractivity contribution in [3.8, 4) is 12.3 Å². The molecule has 0 unspecified atom stereocenters. The Hall–Kier alpha value is -1.30. The molecular formula is C13H16O2. The molecule has 80 valence electrons. The molecule has 1 N–H and O–H groups in total. The number of benzene rings is 1. The summed E-state index contributed by atoms with van der Waals surface area (Å²) < 4.78 is 5.46. The first-order valence-corrected chi connectivity index (χ1v) is 4.88. The van der Waals surface area contributed by atoms with Gasteiger partial charge in [0.2, 0.25) is 0 Å². The molecule has 0 aliphatic heterocycles. The molecule has 0 saturated carbocycles. The van der Waals surface area contributed by atoms with E-state index in [1.165, 1.54) is 0 Å². The van der Waals surface area contributed by atoms with Gasteiger partial charge < -0.3 is 9.84 Å². The third-order valence-electron chi connectivity index (χ3n) is 1.86. The van der Waals surface area contributed by atoms with Crippen molar-refractivity contribution in [2.45, 2.75) is 25.6 Å². The van der Waals surface area contributed by atoms with Crippen LogP contribution < -0.4 is 0 Å². The maximum absolute atomic E-state index is 9.52. The lowest BCUT2D eigenvalue weighted by Crippen LogP contribution is -2.27. The Labute approximate surface area is 90.9 Å². The minimum atomic E-state index is -0.857. The number of hydrogen-bond acceptors (Lipinski definition) is 2. The molecular weight excluding hydrogens is 188 g/mol. The largest absolute Gasteiger partial charge is 0.388 e. The van der Waals surface area contributed by atoms with Crippen molar-refractivity contribution >= 4 is 0 Å². The van der Waals surface area contributed by atoms with Gasteiger partial charge in [-0.1, -0.05) is 36.3 Å². The molecule has 1 aromatic rings. The van der Waals surface area contributed by atoms with Crippen molar-refractivity contribution < 1.29 is 9.84 Å². The number of ether oxygens (including phenoxy) is 1. The first-order chi connectivity index (χ1) is 7.03. The molecule has 0 spiro atoms. The summed E-state index contributed by atoms with van der Waals surface area (Å²) in [7, 11) is 0. The van der Waals surface area contributed by atoms with Gasteiger partial charge in [0.15, 0.2) is 0 Å². The van der Waals surface area contributed by atoms with Crippen molar-refractivity contribution in [3.63, 3.8) is 0 Å². The summed E-state index contributed by atoms with van der Waals surface area (Å²) in [5.41, 5.74) is 0.0772. The lowest BCUT2D eigenvalue weighted by molar-refractivity contribution is -0.0379. The highest BCUT2D eigenvalue weighted by Crippen LogP contribution is 2.17. The minimum absolute atomic E-state index is 0.219. The van der Waals surface area contributed by atoms with E-state index in [1.54, 1.807) is 13.8 Å². The van der Waals surface area contributed by atoms with Gasteiger partial charge in [0.05, 0.1) is 12.2 Å². The maximum Gasteiger partial charge on any atom is 0.143 e. The van der Waals surface area contributed by atoms with Gasteiger partial charge in [-0.2, -0.15) is 0 Å². The minimum Gasteiger partial charge on any atom is -0.388 e. The molecule has 1 aromatic carbocycles. The summed E-state index contributed by atoms with van der Waals surface area (Å²) in [6, 6.07) is 9.57. The van der Waals surface area contributed by atoms with Crippen LogP contribution in [0.15, 0.2) is 30.3 Å². The average Bonchev–Trinajstić information content (AvgIpc) is 2.19. The Morgan fingerprint density at radius 3 is 2.47 bits per heavy atom. The van der Waals surface area contributed by atoms with Gasteiger partial charge in [0.25, 0.3) is 0 Å². The molecule has 0 heterocycles. The smallest absolute Gasteiger partial charge is 0.143 e. The summed E-state index contributed by atoms with van der Waals surface area (Å²) >= 11 is 0. The van der Waals surface area contributed by atoms with E-state index in [9.17, 15) is 5.11 Å². The highest BCUT2D eigenvalue weighted by atomic mass is 16.5. The summed E-state index contributed by atoms with van der Waals surface area (Å²) in [4.78, 5) is 0. The van der Waals surface area contributed by atoms with E-state index in [0.29, 0.717) is 0 Å². The van der Waals surface area contributed by atoms with Crippen LogP contribution in [-0.4, -0.2) is 17.3 Å². The van der Waals surface area contributed by atoms with Crippen LogP contribution in [0, 0.1) is 12.3 Å².